The minimum Gasteiger partial charge on any atom is -0.420 e. The lowest BCUT2D eigenvalue weighted by atomic mass is 9.78. The Morgan fingerprint density at radius 1 is 1.33 bits per heavy atom. The number of allylic oxidation sites excluding steroid dienone is 1. The van der Waals surface area contributed by atoms with Gasteiger partial charge in [-0.15, -0.1) is 5.10 Å². The summed E-state index contributed by atoms with van der Waals surface area (Å²) >= 11 is 0. The van der Waals surface area contributed by atoms with Gasteiger partial charge in [0.1, 0.15) is 23.3 Å². The number of nitrogens with zero attached hydrogens (tertiary/aromatic N) is 2. The first-order valence-electron chi connectivity index (χ1n) is 7.35. The van der Waals surface area contributed by atoms with Gasteiger partial charge in [-0.3, -0.25) is 5.10 Å². The summed E-state index contributed by atoms with van der Waals surface area (Å²) in [5, 5.41) is 16.5. The van der Waals surface area contributed by atoms with Crippen LogP contribution in [0.2, 0.25) is 0 Å². The maximum absolute atomic E-state index is 14.4. The van der Waals surface area contributed by atoms with E-state index in [4.69, 9.17) is 10.5 Å². The molecule has 1 aromatic carbocycles. The van der Waals surface area contributed by atoms with E-state index >= 15 is 0 Å². The number of nitrogens with two attached hydrogens (primary N) is 1. The Kier molecular flexibility index (Phi) is 3.56. The quantitative estimate of drug-likeness (QED) is 0.840. The number of benzene rings is 1. The lowest BCUT2D eigenvalue weighted by Gasteiger charge is -2.27. The maximum atomic E-state index is 14.4. The summed E-state index contributed by atoms with van der Waals surface area (Å²) in [5.41, 5.74) is 6.64. The molecule has 0 aliphatic carbocycles. The zero-order chi connectivity index (χ0) is 17.6. The highest BCUT2D eigenvalue weighted by Crippen LogP contribution is 2.46. The summed E-state index contributed by atoms with van der Waals surface area (Å²) < 4.78 is 33.5. The van der Waals surface area contributed by atoms with Gasteiger partial charge in [0.05, 0.1) is 11.5 Å². The molecule has 124 valence electrons. The van der Waals surface area contributed by atoms with Gasteiger partial charge in [-0.05, 0) is 18.2 Å². The molecule has 2 aromatic rings. The van der Waals surface area contributed by atoms with Crippen molar-refractivity contribution in [2.75, 3.05) is 0 Å². The zero-order valence-electron chi connectivity index (χ0n) is 13.4. The van der Waals surface area contributed by atoms with E-state index in [9.17, 15) is 14.0 Å². The Hall–Kier alpha value is -2.88. The molecule has 1 aliphatic rings. The highest BCUT2D eigenvalue weighted by Gasteiger charge is 2.39. The third-order valence-corrected chi connectivity index (χ3v) is 3.96. The molecule has 0 saturated heterocycles. The Labute approximate surface area is 137 Å². The van der Waals surface area contributed by atoms with Crippen LogP contribution in [0.15, 0.2) is 29.7 Å². The number of halogens is 2. The Morgan fingerprint density at radius 3 is 2.67 bits per heavy atom. The number of rotatable bonds is 1. The van der Waals surface area contributed by atoms with E-state index in [1.807, 2.05) is 26.8 Å². The van der Waals surface area contributed by atoms with E-state index < -0.39 is 17.6 Å². The van der Waals surface area contributed by atoms with E-state index in [0.29, 0.717) is 11.3 Å². The second-order valence-corrected chi connectivity index (χ2v) is 6.66. The van der Waals surface area contributed by atoms with Crippen molar-refractivity contribution in [3.63, 3.8) is 0 Å². The van der Waals surface area contributed by atoms with Gasteiger partial charge in [-0.2, -0.15) is 5.26 Å². The zero-order valence-corrected chi connectivity index (χ0v) is 13.4. The molecule has 0 spiro atoms. The molecule has 1 atom stereocenters. The van der Waals surface area contributed by atoms with Gasteiger partial charge in [-0.25, -0.2) is 8.78 Å². The van der Waals surface area contributed by atoms with Gasteiger partial charge >= 0.3 is 0 Å². The fourth-order valence-corrected chi connectivity index (χ4v) is 2.86. The van der Waals surface area contributed by atoms with Crippen molar-refractivity contribution in [2.24, 2.45) is 5.73 Å². The molecule has 1 aliphatic heterocycles. The molecule has 2 heterocycles. The fourth-order valence-electron chi connectivity index (χ4n) is 2.86. The minimum atomic E-state index is -0.887. The van der Waals surface area contributed by atoms with E-state index in [2.05, 4.69) is 10.2 Å². The van der Waals surface area contributed by atoms with Crippen LogP contribution in [-0.2, 0) is 5.41 Å². The highest BCUT2D eigenvalue weighted by molar-refractivity contribution is 5.56. The molecule has 1 unspecified atom stereocenters. The molecule has 0 amide bonds. The van der Waals surface area contributed by atoms with Crippen LogP contribution in [0.3, 0.4) is 0 Å². The number of aromatic amines is 1. The van der Waals surface area contributed by atoms with Gasteiger partial charge in [0.2, 0.25) is 11.8 Å². The van der Waals surface area contributed by atoms with E-state index in [1.54, 1.807) is 0 Å². The molecule has 24 heavy (non-hydrogen) atoms. The summed E-state index contributed by atoms with van der Waals surface area (Å²) in [6.07, 6.45) is 0. The molecule has 3 N–H and O–H groups in total. The predicted molar refractivity (Wildman–Crippen MR) is 82.9 cm³/mol. The highest BCUT2D eigenvalue weighted by atomic mass is 19.1. The van der Waals surface area contributed by atoms with Gasteiger partial charge in [0.15, 0.2) is 0 Å². The average Bonchev–Trinajstić information content (AvgIpc) is 2.91. The minimum absolute atomic E-state index is 0.0194. The number of nitriles is 1. The van der Waals surface area contributed by atoms with Crippen LogP contribution in [-0.4, -0.2) is 10.2 Å². The first-order valence-corrected chi connectivity index (χ1v) is 7.35. The first-order chi connectivity index (χ1) is 11.2. The number of hydrogen-bond acceptors (Lipinski definition) is 4. The summed E-state index contributed by atoms with van der Waals surface area (Å²) in [4.78, 5) is 0. The van der Waals surface area contributed by atoms with Crippen LogP contribution < -0.4 is 10.5 Å². The largest absolute Gasteiger partial charge is 0.420 e. The van der Waals surface area contributed by atoms with Crippen molar-refractivity contribution in [3.8, 4) is 11.9 Å². The summed E-state index contributed by atoms with van der Waals surface area (Å²) in [7, 11) is 0. The van der Waals surface area contributed by atoms with Crippen molar-refractivity contribution in [3.05, 3.63) is 58.1 Å². The smallest absolute Gasteiger partial charge is 0.244 e. The summed E-state index contributed by atoms with van der Waals surface area (Å²) in [6.45, 7) is 5.81. The Bertz CT molecular complexity index is 887. The van der Waals surface area contributed by atoms with E-state index in [1.165, 1.54) is 0 Å². The molecule has 3 rings (SSSR count). The Morgan fingerprint density at radius 2 is 2.04 bits per heavy atom. The SMILES string of the molecule is CC(C)(C)c1[nH]nc2c1C(c1cc(F)ccc1F)C(C#N)=C(N)O2. The number of fused-ring (bicyclic) bond motifs is 1. The molecule has 5 nitrogen and oxygen atoms in total. The molecule has 0 saturated carbocycles. The third kappa shape index (κ3) is 2.40. The van der Waals surface area contributed by atoms with Crippen molar-refractivity contribution in [2.45, 2.75) is 32.1 Å². The van der Waals surface area contributed by atoms with Crippen molar-refractivity contribution < 1.29 is 13.5 Å². The number of nitrogens with one attached hydrogen (secondary N) is 1. The van der Waals surface area contributed by atoms with E-state index in [0.717, 1.165) is 18.2 Å². The van der Waals surface area contributed by atoms with Crippen LogP contribution in [0.5, 0.6) is 5.88 Å². The maximum Gasteiger partial charge on any atom is 0.244 e. The van der Waals surface area contributed by atoms with Crippen molar-refractivity contribution in [1.82, 2.24) is 10.2 Å². The lowest BCUT2D eigenvalue weighted by Crippen LogP contribution is -2.24. The Balaban J connectivity index is 2.33. The molecule has 0 radical (unpaired) electrons. The normalized spacial score (nSPS) is 17.2. The van der Waals surface area contributed by atoms with Gasteiger partial charge in [0, 0.05) is 16.7 Å². The van der Waals surface area contributed by atoms with Crippen LogP contribution in [0.25, 0.3) is 0 Å². The monoisotopic (exact) mass is 330 g/mol. The molecular formula is C17H16F2N4O. The van der Waals surface area contributed by atoms with Crippen LogP contribution in [0, 0.1) is 23.0 Å². The van der Waals surface area contributed by atoms with Crippen molar-refractivity contribution in [1.29, 1.82) is 5.26 Å². The topological polar surface area (TPSA) is 87.7 Å². The molecule has 0 fully saturated rings. The van der Waals surface area contributed by atoms with Gasteiger partial charge < -0.3 is 10.5 Å². The summed E-state index contributed by atoms with van der Waals surface area (Å²) in [5.74, 6) is -2.11. The third-order valence-electron chi connectivity index (χ3n) is 3.96. The van der Waals surface area contributed by atoms with Crippen LogP contribution >= 0.6 is 0 Å². The van der Waals surface area contributed by atoms with Crippen LogP contribution in [0.4, 0.5) is 8.78 Å². The molecule has 1 aromatic heterocycles. The lowest BCUT2D eigenvalue weighted by molar-refractivity contribution is 0.377. The fraction of sp³-hybridized carbons (Fsp3) is 0.294. The number of H-pyrrole nitrogens is 1. The van der Waals surface area contributed by atoms with Crippen LogP contribution in [0.1, 0.15) is 43.5 Å². The number of ether oxygens (including phenoxy) is 1. The standard InChI is InChI=1S/C17H16F2N4O/c1-17(2,3)14-13-12(9-6-8(18)4-5-11(9)19)10(7-20)15(21)24-16(13)23-22-14/h4-6,12H,21H2,1-3H3,(H,22,23). The van der Waals surface area contributed by atoms with Gasteiger partial charge in [-0.1, -0.05) is 20.8 Å². The molecular weight excluding hydrogens is 314 g/mol. The first kappa shape index (κ1) is 16.0. The number of aromatic nitrogens is 2. The predicted octanol–water partition coefficient (Wildman–Crippen LogP) is 3.20. The average molecular weight is 330 g/mol. The molecule has 0 bridgehead atoms. The second-order valence-electron chi connectivity index (χ2n) is 6.66. The second kappa shape index (κ2) is 5.34. The molecule has 7 heteroatoms. The van der Waals surface area contributed by atoms with E-state index in [-0.39, 0.29) is 28.3 Å². The summed E-state index contributed by atoms with van der Waals surface area (Å²) in [6, 6.07) is 5.08. The van der Waals surface area contributed by atoms with Gasteiger partial charge in [0.25, 0.3) is 0 Å². The number of hydrogen-bond donors (Lipinski definition) is 2. The van der Waals surface area contributed by atoms with Crippen molar-refractivity contribution >= 4 is 0 Å².